The van der Waals surface area contributed by atoms with Gasteiger partial charge in [0.2, 0.25) is 5.91 Å². The van der Waals surface area contributed by atoms with Gasteiger partial charge in [-0.15, -0.1) is 0 Å². The Hall–Kier alpha value is -2.89. The van der Waals surface area contributed by atoms with E-state index in [1.807, 2.05) is 0 Å². The zero-order chi connectivity index (χ0) is 17.8. The van der Waals surface area contributed by atoms with Crippen molar-refractivity contribution in [1.82, 2.24) is 4.57 Å². The highest BCUT2D eigenvalue weighted by Crippen LogP contribution is 2.18. The molecule has 5 nitrogen and oxygen atoms in total. The Morgan fingerprint density at radius 3 is 2.68 bits per heavy atom. The first kappa shape index (κ1) is 17.0. The number of benzene rings is 2. The fourth-order valence-electron chi connectivity index (χ4n) is 2.70. The van der Waals surface area contributed by atoms with Crippen LogP contribution in [0.4, 0.5) is 10.1 Å². The zero-order valence-electron chi connectivity index (χ0n) is 13.9. The lowest BCUT2D eigenvalue weighted by atomic mass is 10.1. The van der Waals surface area contributed by atoms with Crippen LogP contribution in [0.25, 0.3) is 11.1 Å². The van der Waals surface area contributed by atoms with Crippen molar-refractivity contribution in [3.63, 3.8) is 0 Å². The standard InChI is InChI=1S/C19H19FN2O3/c1-22-16-11-10-15(12-17(16)25-19(22)24)21-18(23)5-3-2-4-13-6-8-14(20)9-7-13/h6-12H,2-5H2,1H3,(H,21,23). The first-order valence-corrected chi connectivity index (χ1v) is 8.17. The summed E-state index contributed by atoms with van der Waals surface area (Å²) in [6.07, 6.45) is 2.81. The molecule has 0 bridgehead atoms. The van der Waals surface area contributed by atoms with E-state index in [1.165, 1.54) is 16.7 Å². The van der Waals surface area contributed by atoms with E-state index in [4.69, 9.17) is 4.42 Å². The van der Waals surface area contributed by atoms with E-state index in [2.05, 4.69) is 5.32 Å². The molecule has 0 saturated heterocycles. The highest BCUT2D eigenvalue weighted by molar-refractivity contribution is 5.92. The van der Waals surface area contributed by atoms with E-state index in [0.29, 0.717) is 23.2 Å². The molecular weight excluding hydrogens is 323 g/mol. The number of anilines is 1. The Kier molecular flexibility index (Phi) is 4.97. The summed E-state index contributed by atoms with van der Waals surface area (Å²) in [5, 5.41) is 2.81. The Labute approximate surface area is 144 Å². The molecule has 1 amide bonds. The Morgan fingerprint density at radius 1 is 1.16 bits per heavy atom. The third-order valence-electron chi connectivity index (χ3n) is 4.11. The molecule has 130 valence electrons. The number of nitrogens with zero attached hydrogens (tertiary/aromatic N) is 1. The quantitative estimate of drug-likeness (QED) is 0.696. The van der Waals surface area contributed by atoms with E-state index < -0.39 is 5.76 Å². The third kappa shape index (κ3) is 4.15. The van der Waals surface area contributed by atoms with Crippen LogP contribution in [0, 0.1) is 5.82 Å². The topological polar surface area (TPSA) is 64.2 Å². The average molecular weight is 342 g/mol. The fourth-order valence-corrected chi connectivity index (χ4v) is 2.70. The number of amides is 1. The van der Waals surface area contributed by atoms with Crippen LogP contribution in [0.1, 0.15) is 24.8 Å². The normalized spacial score (nSPS) is 11.0. The van der Waals surface area contributed by atoms with Gasteiger partial charge in [0.15, 0.2) is 5.58 Å². The van der Waals surface area contributed by atoms with E-state index in [9.17, 15) is 14.0 Å². The van der Waals surface area contributed by atoms with Gasteiger partial charge in [0.25, 0.3) is 0 Å². The maximum Gasteiger partial charge on any atom is 0.419 e. The van der Waals surface area contributed by atoms with Crippen LogP contribution in [0.3, 0.4) is 0 Å². The SMILES string of the molecule is Cn1c(=O)oc2cc(NC(=O)CCCCc3ccc(F)cc3)ccc21. The molecule has 1 N–H and O–H groups in total. The Morgan fingerprint density at radius 2 is 1.92 bits per heavy atom. The van der Waals surface area contributed by atoms with Crippen molar-refractivity contribution in [2.75, 3.05) is 5.32 Å². The second-order valence-electron chi connectivity index (χ2n) is 5.99. The van der Waals surface area contributed by atoms with Crippen molar-refractivity contribution in [2.24, 2.45) is 7.05 Å². The van der Waals surface area contributed by atoms with Crippen LogP contribution < -0.4 is 11.1 Å². The maximum absolute atomic E-state index is 12.8. The molecule has 0 saturated carbocycles. The van der Waals surface area contributed by atoms with Crippen LogP contribution in [0.5, 0.6) is 0 Å². The maximum atomic E-state index is 12.8. The lowest BCUT2D eigenvalue weighted by Gasteiger charge is -2.05. The van der Waals surface area contributed by atoms with Crippen LogP contribution in [-0.4, -0.2) is 10.5 Å². The molecule has 0 atom stereocenters. The number of oxazole rings is 1. The highest BCUT2D eigenvalue weighted by Gasteiger charge is 2.08. The van der Waals surface area contributed by atoms with Gasteiger partial charge in [0, 0.05) is 25.2 Å². The van der Waals surface area contributed by atoms with E-state index in [1.54, 1.807) is 37.4 Å². The summed E-state index contributed by atoms with van der Waals surface area (Å²) in [5.74, 6) is -0.759. The van der Waals surface area contributed by atoms with Crippen LogP contribution in [0.2, 0.25) is 0 Å². The largest absolute Gasteiger partial charge is 0.419 e. The predicted molar refractivity (Wildman–Crippen MR) is 94.0 cm³/mol. The second-order valence-corrected chi connectivity index (χ2v) is 5.99. The molecule has 0 fully saturated rings. The third-order valence-corrected chi connectivity index (χ3v) is 4.11. The number of rotatable bonds is 6. The molecule has 6 heteroatoms. The van der Waals surface area contributed by atoms with Gasteiger partial charge in [-0.1, -0.05) is 12.1 Å². The predicted octanol–water partition coefficient (Wildman–Crippen LogP) is 3.62. The van der Waals surface area contributed by atoms with Crippen molar-refractivity contribution in [3.8, 4) is 0 Å². The summed E-state index contributed by atoms with van der Waals surface area (Å²) in [7, 11) is 1.63. The van der Waals surface area contributed by atoms with Crippen molar-refractivity contribution in [2.45, 2.75) is 25.7 Å². The number of carbonyl (C=O) groups is 1. The smallest absolute Gasteiger partial charge is 0.408 e. The molecule has 0 aliphatic carbocycles. The first-order chi connectivity index (χ1) is 12.0. The van der Waals surface area contributed by atoms with Crippen molar-refractivity contribution in [1.29, 1.82) is 0 Å². The molecular formula is C19H19FN2O3. The minimum Gasteiger partial charge on any atom is -0.408 e. The molecule has 1 heterocycles. The number of hydrogen-bond donors (Lipinski definition) is 1. The second kappa shape index (κ2) is 7.34. The van der Waals surface area contributed by atoms with Crippen LogP contribution in [-0.2, 0) is 18.3 Å². The number of aryl methyl sites for hydroxylation is 2. The molecule has 0 radical (unpaired) electrons. The molecule has 0 spiro atoms. The van der Waals surface area contributed by atoms with Gasteiger partial charge in [0.1, 0.15) is 5.82 Å². The van der Waals surface area contributed by atoms with E-state index in [-0.39, 0.29) is 11.7 Å². The summed E-state index contributed by atoms with van der Waals surface area (Å²) in [4.78, 5) is 23.5. The molecule has 3 rings (SSSR count). The lowest BCUT2D eigenvalue weighted by Crippen LogP contribution is -2.11. The summed E-state index contributed by atoms with van der Waals surface area (Å²) in [5.41, 5.74) is 2.79. The van der Waals surface area contributed by atoms with Crippen LogP contribution >= 0.6 is 0 Å². The number of unbranched alkanes of at least 4 members (excludes halogenated alkanes) is 1. The number of nitrogens with one attached hydrogen (secondary N) is 1. The summed E-state index contributed by atoms with van der Waals surface area (Å²) in [6, 6.07) is 11.5. The number of aromatic nitrogens is 1. The van der Waals surface area contributed by atoms with Crippen molar-refractivity contribution < 1.29 is 13.6 Å². The Bertz CT molecular complexity index is 941. The molecule has 25 heavy (non-hydrogen) atoms. The monoisotopic (exact) mass is 342 g/mol. The fraction of sp³-hybridized carbons (Fsp3) is 0.263. The minimum atomic E-state index is -0.431. The van der Waals surface area contributed by atoms with Gasteiger partial charge < -0.3 is 9.73 Å². The molecule has 1 aromatic heterocycles. The average Bonchev–Trinajstić information content (AvgIpc) is 2.87. The first-order valence-electron chi connectivity index (χ1n) is 8.17. The lowest BCUT2D eigenvalue weighted by molar-refractivity contribution is -0.116. The van der Waals surface area contributed by atoms with Crippen molar-refractivity contribution >= 4 is 22.7 Å². The number of carbonyl (C=O) groups excluding carboxylic acids is 1. The number of fused-ring (bicyclic) bond motifs is 1. The van der Waals surface area contributed by atoms with Gasteiger partial charge in [-0.05, 0) is 49.1 Å². The minimum absolute atomic E-state index is 0.0864. The van der Waals surface area contributed by atoms with Gasteiger partial charge in [-0.25, -0.2) is 9.18 Å². The highest BCUT2D eigenvalue weighted by atomic mass is 19.1. The van der Waals surface area contributed by atoms with Gasteiger partial charge in [-0.2, -0.15) is 0 Å². The summed E-state index contributed by atoms with van der Waals surface area (Å²) in [6.45, 7) is 0. The van der Waals surface area contributed by atoms with E-state index in [0.717, 1.165) is 24.8 Å². The molecule has 0 aliphatic rings. The Balaban J connectivity index is 1.49. The van der Waals surface area contributed by atoms with Gasteiger partial charge in [0.05, 0.1) is 5.52 Å². The number of hydrogen-bond acceptors (Lipinski definition) is 3. The summed E-state index contributed by atoms with van der Waals surface area (Å²) >= 11 is 0. The zero-order valence-corrected chi connectivity index (χ0v) is 13.9. The van der Waals surface area contributed by atoms with Crippen molar-refractivity contribution in [3.05, 3.63) is 64.4 Å². The molecule has 3 aromatic rings. The molecule has 0 unspecified atom stereocenters. The van der Waals surface area contributed by atoms with Gasteiger partial charge >= 0.3 is 5.76 Å². The van der Waals surface area contributed by atoms with E-state index >= 15 is 0 Å². The van der Waals surface area contributed by atoms with Crippen LogP contribution in [0.15, 0.2) is 51.7 Å². The van der Waals surface area contributed by atoms with Gasteiger partial charge in [-0.3, -0.25) is 9.36 Å². The molecule has 2 aromatic carbocycles. The molecule has 0 aliphatic heterocycles. The number of halogens is 1. The summed E-state index contributed by atoms with van der Waals surface area (Å²) < 4.78 is 19.3.